The molecule has 0 aliphatic rings. The number of nitrogens with one attached hydrogen (secondary N) is 1. The van der Waals surface area contributed by atoms with Crippen molar-refractivity contribution in [2.75, 3.05) is 5.32 Å². The molecule has 4 nitrogen and oxygen atoms in total. The van der Waals surface area contributed by atoms with Gasteiger partial charge in [0, 0.05) is 10.9 Å². The average molecular weight is 200 g/mol. The van der Waals surface area contributed by atoms with E-state index in [2.05, 4.69) is 9.69 Å². The Labute approximate surface area is 80.8 Å². The van der Waals surface area contributed by atoms with Crippen molar-refractivity contribution in [1.82, 2.24) is 4.37 Å². The largest absolute Gasteiger partial charge is 0.465 e. The standard InChI is InChI=1S/C8H12N2O2S/c1-8(2,3)5-4-13-10-6(5)9-7(11)12/h4H,1-3H3,(H,9,10)(H,11,12). The molecule has 0 aromatic carbocycles. The van der Waals surface area contributed by atoms with Crippen molar-refractivity contribution in [1.29, 1.82) is 0 Å². The summed E-state index contributed by atoms with van der Waals surface area (Å²) in [7, 11) is 0. The number of rotatable bonds is 1. The number of carboxylic acid groups (broad SMARTS) is 1. The van der Waals surface area contributed by atoms with Gasteiger partial charge in [-0.05, 0) is 16.9 Å². The van der Waals surface area contributed by atoms with Gasteiger partial charge in [0.2, 0.25) is 0 Å². The molecular formula is C8H12N2O2S. The lowest BCUT2D eigenvalue weighted by molar-refractivity contribution is 0.209. The maximum atomic E-state index is 10.4. The lowest BCUT2D eigenvalue weighted by Gasteiger charge is -2.17. The van der Waals surface area contributed by atoms with E-state index in [0.29, 0.717) is 5.82 Å². The SMILES string of the molecule is CC(C)(C)c1csnc1NC(=O)O. The second kappa shape index (κ2) is 3.33. The van der Waals surface area contributed by atoms with Crippen molar-refractivity contribution in [3.63, 3.8) is 0 Å². The van der Waals surface area contributed by atoms with Gasteiger partial charge in [-0.1, -0.05) is 20.8 Å². The zero-order valence-electron chi connectivity index (χ0n) is 7.79. The highest BCUT2D eigenvalue weighted by Crippen LogP contribution is 2.29. The molecule has 0 radical (unpaired) electrons. The van der Waals surface area contributed by atoms with Crippen LogP contribution in [0.25, 0.3) is 0 Å². The molecule has 0 saturated carbocycles. The number of aromatic nitrogens is 1. The van der Waals surface area contributed by atoms with Gasteiger partial charge in [0.05, 0.1) is 0 Å². The van der Waals surface area contributed by atoms with E-state index in [9.17, 15) is 4.79 Å². The molecule has 1 amide bonds. The Balaban J connectivity index is 2.96. The van der Waals surface area contributed by atoms with Gasteiger partial charge in [-0.15, -0.1) is 0 Å². The molecule has 5 heteroatoms. The van der Waals surface area contributed by atoms with Crippen LogP contribution < -0.4 is 5.32 Å². The summed E-state index contributed by atoms with van der Waals surface area (Å²) in [5.41, 5.74) is 0.852. The molecule has 0 spiro atoms. The highest BCUT2D eigenvalue weighted by Gasteiger charge is 2.20. The number of carbonyl (C=O) groups is 1. The summed E-state index contributed by atoms with van der Waals surface area (Å²) in [5, 5.41) is 12.7. The third kappa shape index (κ3) is 2.42. The number of hydrogen-bond donors (Lipinski definition) is 2. The van der Waals surface area contributed by atoms with E-state index in [1.807, 2.05) is 26.2 Å². The van der Waals surface area contributed by atoms with Crippen molar-refractivity contribution in [2.45, 2.75) is 26.2 Å². The fourth-order valence-corrected chi connectivity index (χ4v) is 1.83. The first-order chi connectivity index (χ1) is 5.91. The molecule has 1 heterocycles. The minimum absolute atomic E-state index is 0.0786. The minimum atomic E-state index is -1.07. The average Bonchev–Trinajstić information content (AvgIpc) is 2.31. The molecule has 2 N–H and O–H groups in total. The van der Waals surface area contributed by atoms with E-state index in [1.54, 1.807) is 0 Å². The molecule has 0 fully saturated rings. The van der Waals surface area contributed by atoms with E-state index < -0.39 is 6.09 Å². The summed E-state index contributed by atoms with van der Waals surface area (Å²) in [6, 6.07) is 0. The molecule has 0 aliphatic carbocycles. The number of anilines is 1. The smallest absolute Gasteiger partial charge is 0.410 e. The predicted molar refractivity (Wildman–Crippen MR) is 52.5 cm³/mol. The van der Waals surface area contributed by atoms with Gasteiger partial charge in [-0.3, -0.25) is 5.32 Å². The molecule has 0 unspecified atom stereocenters. The third-order valence-electron chi connectivity index (χ3n) is 1.60. The molecule has 0 atom stereocenters. The van der Waals surface area contributed by atoms with Gasteiger partial charge in [-0.25, -0.2) is 4.79 Å². The molecule has 1 aromatic rings. The first-order valence-corrected chi connectivity index (χ1v) is 4.69. The Morgan fingerprint density at radius 3 is 2.69 bits per heavy atom. The van der Waals surface area contributed by atoms with Gasteiger partial charge in [-0.2, -0.15) is 4.37 Å². The van der Waals surface area contributed by atoms with Gasteiger partial charge < -0.3 is 5.11 Å². The van der Waals surface area contributed by atoms with Crippen molar-refractivity contribution in [2.24, 2.45) is 0 Å². The van der Waals surface area contributed by atoms with Crippen LogP contribution in [-0.2, 0) is 5.41 Å². The van der Waals surface area contributed by atoms with Gasteiger partial charge in [0.25, 0.3) is 0 Å². The number of nitrogens with zero attached hydrogens (tertiary/aromatic N) is 1. The van der Waals surface area contributed by atoms with Crippen LogP contribution in [0.3, 0.4) is 0 Å². The summed E-state index contributed by atoms with van der Waals surface area (Å²) >= 11 is 1.26. The monoisotopic (exact) mass is 200 g/mol. The van der Waals surface area contributed by atoms with Gasteiger partial charge >= 0.3 is 6.09 Å². The normalized spacial score (nSPS) is 11.3. The topological polar surface area (TPSA) is 62.2 Å². The predicted octanol–water partition coefficient (Wildman–Crippen LogP) is 2.53. The van der Waals surface area contributed by atoms with Crippen LogP contribution in [0.1, 0.15) is 26.3 Å². The van der Waals surface area contributed by atoms with Crippen LogP contribution in [0.15, 0.2) is 5.38 Å². The first kappa shape index (κ1) is 9.98. The summed E-state index contributed by atoms with van der Waals surface area (Å²) in [4.78, 5) is 10.4. The highest BCUT2D eigenvalue weighted by molar-refractivity contribution is 7.04. The Morgan fingerprint density at radius 1 is 1.62 bits per heavy atom. The Kier molecular flexibility index (Phi) is 2.56. The van der Waals surface area contributed by atoms with Crippen LogP contribution in [0.2, 0.25) is 0 Å². The number of hydrogen-bond acceptors (Lipinski definition) is 3. The van der Waals surface area contributed by atoms with E-state index in [0.717, 1.165) is 5.56 Å². The molecule has 0 saturated heterocycles. The Hall–Kier alpha value is -1.10. The molecule has 0 aliphatic heterocycles. The van der Waals surface area contributed by atoms with Crippen molar-refractivity contribution >= 4 is 23.4 Å². The quantitative estimate of drug-likeness (QED) is 0.732. The molecule has 1 aromatic heterocycles. The number of amides is 1. The van der Waals surface area contributed by atoms with Crippen molar-refractivity contribution in [3.8, 4) is 0 Å². The zero-order valence-corrected chi connectivity index (χ0v) is 8.60. The van der Waals surface area contributed by atoms with Gasteiger partial charge in [0.15, 0.2) is 5.82 Å². The molecule has 72 valence electrons. The summed E-state index contributed by atoms with van der Waals surface area (Å²) < 4.78 is 3.97. The second-order valence-electron chi connectivity index (χ2n) is 3.76. The van der Waals surface area contributed by atoms with Crippen LogP contribution in [0.4, 0.5) is 10.6 Å². The fourth-order valence-electron chi connectivity index (χ4n) is 0.960. The van der Waals surface area contributed by atoms with Gasteiger partial charge in [0.1, 0.15) is 0 Å². The van der Waals surface area contributed by atoms with Crippen molar-refractivity contribution < 1.29 is 9.90 Å². The summed E-state index contributed by atoms with van der Waals surface area (Å²) in [6.45, 7) is 6.05. The molecule has 1 rings (SSSR count). The van der Waals surface area contributed by atoms with Crippen LogP contribution >= 0.6 is 11.5 Å². The lowest BCUT2D eigenvalue weighted by atomic mass is 9.89. The maximum Gasteiger partial charge on any atom is 0.410 e. The third-order valence-corrected chi connectivity index (χ3v) is 2.23. The van der Waals surface area contributed by atoms with Crippen LogP contribution in [0.5, 0.6) is 0 Å². The highest BCUT2D eigenvalue weighted by atomic mass is 32.1. The van der Waals surface area contributed by atoms with E-state index in [4.69, 9.17) is 5.11 Å². The Bertz CT molecular complexity index is 314. The van der Waals surface area contributed by atoms with Crippen LogP contribution in [-0.4, -0.2) is 15.6 Å². The second-order valence-corrected chi connectivity index (χ2v) is 4.39. The van der Waals surface area contributed by atoms with E-state index in [1.165, 1.54) is 11.5 Å². The summed E-state index contributed by atoms with van der Waals surface area (Å²) in [5.74, 6) is 0.449. The fraction of sp³-hybridized carbons (Fsp3) is 0.500. The lowest BCUT2D eigenvalue weighted by Crippen LogP contribution is -2.16. The maximum absolute atomic E-state index is 10.4. The minimum Gasteiger partial charge on any atom is -0.465 e. The Morgan fingerprint density at radius 2 is 2.23 bits per heavy atom. The molecular weight excluding hydrogens is 188 g/mol. The van der Waals surface area contributed by atoms with Crippen molar-refractivity contribution in [3.05, 3.63) is 10.9 Å². The molecule has 13 heavy (non-hydrogen) atoms. The van der Waals surface area contributed by atoms with E-state index in [-0.39, 0.29) is 5.41 Å². The molecule has 0 bridgehead atoms. The summed E-state index contributed by atoms with van der Waals surface area (Å²) in [6.07, 6.45) is -1.07. The van der Waals surface area contributed by atoms with E-state index >= 15 is 0 Å². The van der Waals surface area contributed by atoms with Crippen LogP contribution in [0, 0.1) is 0 Å². The zero-order chi connectivity index (χ0) is 10.1. The first-order valence-electron chi connectivity index (χ1n) is 3.86.